The Balaban J connectivity index is 2.04. The third kappa shape index (κ3) is 3.32. The normalized spacial score (nSPS) is 19.3. The van der Waals surface area contributed by atoms with Crippen LogP contribution in [0.15, 0.2) is 24.3 Å². The number of benzene rings is 1. The highest BCUT2D eigenvalue weighted by molar-refractivity contribution is 5.81. The Hall–Kier alpha value is -1.42. The zero-order valence-electron chi connectivity index (χ0n) is 11.4. The fourth-order valence-corrected chi connectivity index (χ4v) is 2.74. The molecule has 1 saturated heterocycles. The highest BCUT2D eigenvalue weighted by Crippen LogP contribution is 2.35. The fraction of sp³-hybridized carbons (Fsp3) is 0.533. The van der Waals surface area contributed by atoms with E-state index in [0.29, 0.717) is 12.8 Å². The first kappa shape index (κ1) is 14.0. The number of rotatable bonds is 4. The van der Waals surface area contributed by atoms with Crippen molar-refractivity contribution in [2.75, 3.05) is 20.1 Å². The third-order valence-electron chi connectivity index (χ3n) is 4.25. The van der Waals surface area contributed by atoms with E-state index < -0.39 is 5.41 Å². The first-order valence-corrected chi connectivity index (χ1v) is 6.75. The van der Waals surface area contributed by atoms with Crippen molar-refractivity contribution in [1.82, 2.24) is 4.90 Å². The van der Waals surface area contributed by atoms with E-state index in [1.807, 2.05) is 6.07 Å². The number of carbonyl (C=O) groups is 1. The minimum Gasteiger partial charge on any atom is -0.369 e. The van der Waals surface area contributed by atoms with Crippen molar-refractivity contribution in [2.24, 2.45) is 11.1 Å². The summed E-state index contributed by atoms with van der Waals surface area (Å²) in [5, 5.41) is 0. The molecule has 1 heterocycles. The lowest BCUT2D eigenvalue weighted by molar-refractivity contribution is -0.130. The van der Waals surface area contributed by atoms with E-state index in [9.17, 15) is 9.18 Å². The van der Waals surface area contributed by atoms with Gasteiger partial charge in [-0.05, 0) is 63.5 Å². The van der Waals surface area contributed by atoms with Gasteiger partial charge < -0.3 is 10.6 Å². The molecule has 0 aromatic heterocycles. The number of halogens is 1. The number of hydrogen-bond acceptors (Lipinski definition) is 2. The number of primary amides is 1. The molecule has 3 nitrogen and oxygen atoms in total. The Morgan fingerprint density at radius 2 is 2.11 bits per heavy atom. The molecule has 1 aromatic rings. The largest absolute Gasteiger partial charge is 0.369 e. The summed E-state index contributed by atoms with van der Waals surface area (Å²) >= 11 is 0. The summed E-state index contributed by atoms with van der Waals surface area (Å²) in [6, 6.07) is 6.57. The molecule has 0 bridgehead atoms. The fourth-order valence-electron chi connectivity index (χ4n) is 2.74. The molecule has 1 aromatic carbocycles. The van der Waals surface area contributed by atoms with Gasteiger partial charge in [0, 0.05) is 0 Å². The Morgan fingerprint density at radius 3 is 2.68 bits per heavy atom. The second kappa shape index (κ2) is 5.70. The van der Waals surface area contributed by atoms with Crippen LogP contribution in [0.4, 0.5) is 4.39 Å². The molecule has 1 aliphatic heterocycles. The molecule has 0 spiro atoms. The highest BCUT2D eigenvalue weighted by Gasteiger charge is 2.38. The van der Waals surface area contributed by atoms with Crippen LogP contribution in [-0.4, -0.2) is 30.9 Å². The molecule has 1 amide bonds. The number of carbonyl (C=O) groups excluding carboxylic acids is 1. The number of aryl methyl sites for hydroxylation is 1. The zero-order chi connectivity index (χ0) is 13.9. The lowest BCUT2D eigenvalue weighted by atomic mass is 9.73. The molecular formula is C15H21FN2O. The van der Waals surface area contributed by atoms with Crippen molar-refractivity contribution in [3.05, 3.63) is 35.6 Å². The Morgan fingerprint density at radius 1 is 1.42 bits per heavy atom. The predicted octanol–water partition coefficient (Wildman–Crippen LogP) is 1.96. The predicted molar refractivity (Wildman–Crippen MR) is 73.1 cm³/mol. The zero-order valence-corrected chi connectivity index (χ0v) is 11.4. The van der Waals surface area contributed by atoms with E-state index in [1.54, 1.807) is 6.07 Å². The summed E-state index contributed by atoms with van der Waals surface area (Å²) in [4.78, 5) is 14.0. The maximum absolute atomic E-state index is 13.1. The van der Waals surface area contributed by atoms with Gasteiger partial charge in [0.1, 0.15) is 5.82 Å². The maximum Gasteiger partial charge on any atom is 0.223 e. The van der Waals surface area contributed by atoms with Gasteiger partial charge in [-0.15, -0.1) is 0 Å². The van der Waals surface area contributed by atoms with E-state index >= 15 is 0 Å². The Labute approximate surface area is 113 Å². The van der Waals surface area contributed by atoms with Crippen LogP contribution in [-0.2, 0) is 11.2 Å². The van der Waals surface area contributed by atoms with Crippen LogP contribution in [0.3, 0.4) is 0 Å². The van der Waals surface area contributed by atoms with E-state index in [2.05, 4.69) is 11.9 Å². The lowest BCUT2D eigenvalue weighted by Gasteiger charge is -2.38. The van der Waals surface area contributed by atoms with Crippen LogP contribution in [0.2, 0.25) is 0 Å². The van der Waals surface area contributed by atoms with Gasteiger partial charge in [0.2, 0.25) is 5.91 Å². The minimum absolute atomic E-state index is 0.211. The maximum atomic E-state index is 13.1. The molecule has 19 heavy (non-hydrogen) atoms. The van der Waals surface area contributed by atoms with E-state index in [0.717, 1.165) is 31.5 Å². The topological polar surface area (TPSA) is 46.3 Å². The van der Waals surface area contributed by atoms with E-state index in [4.69, 9.17) is 5.73 Å². The summed E-state index contributed by atoms with van der Waals surface area (Å²) in [6.07, 6.45) is 3.01. The van der Waals surface area contributed by atoms with Crippen molar-refractivity contribution in [3.63, 3.8) is 0 Å². The molecule has 1 aliphatic rings. The molecule has 1 fully saturated rings. The van der Waals surface area contributed by atoms with Crippen LogP contribution in [0.1, 0.15) is 24.8 Å². The average molecular weight is 264 g/mol. The first-order chi connectivity index (χ1) is 9.02. The first-order valence-electron chi connectivity index (χ1n) is 6.75. The van der Waals surface area contributed by atoms with Gasteiger partial charge in [-0.25, -0.2) is 4.39 Å². The molecule has 0 saturated carbocycles. The summed E-state index contributed by atoms with van der Waals surface area (Å²) < 4.78 is 13.1. The van der Waals surface area contributed by atoms with Crippen molar-refractivity contribution in [3.8, 4) is 0 Å². The van der Waals surface area contributed by atoms with Gasteiger partial charge in [0.15, 0.2) is 0 Å². The summed E-state index contributed by atoms with van der Waals surface area (Å²) in [6.45, 7) is 1.79. The molecule has 2 rings (SSSR count). The quantitative estimate of drug-likeness (QED) is 0.903. The van der Waals surface area contributed by atoms with Crippen LogP contribution in [0.5, 0.6) is 0 Å². The number of hydrogen-bond donors (Lipinski definition) is 1. The molecule has 104 valence electrons. The molecular weight excluding hydrogens is 243 g/mol. The van der Waals surface area contributed by atoms with E-state index in [-0.39, 0.29) is 11.7 Å². The van der Waals surface area contributed by atoms with Gasteiger partial charge in [0.25, 0.3) is 0 Å². The standard InChI is InChI=1S/C15H21FN2O/c1-18-9-7-15(8-10-18,14(17)19)6-5-12-3-2-4-13(16)11-12/h2-4,11H,5-10H2,1H3,(H2,17,19). The van der Waals surface area contributed by atoms with Gasteiger partial charge >= 0.3 is 0 Å². The number of nitrogens with zero attached hydrogens (tertiary/aromatic N) is 1. The van der Waals surface area contributed by atoms with Gasteiger partial charge in [-0.3, -0.25) is 4.79 Å². The molecule has 2 N–H and O–H groups in total. The summed E-state index contributed by atoms with van der Waals surface area (Å²) in [5.41, 5.74) is 6.12. The molecule has 4 heteroatoms. The van der Waals surface area contributed by atoms with Crippen LogP contribution in [0, 0.1) is 11.2 Å². The Kier molecular flexibility index (Phi) is 4.20. The van der Waals surface area contributed by atoms with Crippen molar-refractivity contribution in [1.29, 1.82) is 0 Å². The van der Waals surface area contributed by atoms with Crippen molar-refractivity contribution < 1.29 is 9.18 Å². The second-order valence-electron chi connectivity index (χ2n) is 5.58. The highest BCUT2D eigenvalue weighted by atomic mass is 19.1. The van der Waals surface area contributed by atoms with Crippen molar-refractivity contribution in [2.45, 2.75) is 25.7 Å². The van der Waals surface area contributed by atoms with Crippen LogP contribution >= 0.6 is 0 Å². The third-order valence-corrected chi connectivity index (χ3v) is 4.25. The number of likely N-dealkylation sites (tertiary alicyclic amines) is 1. The lowest BCUT2D eigenvalue weighted by Crippen LogP contribution is -2.46. The number of nitrogens with two attached hydrogens (primary N) is 1. The van der Waals surface area contributed by atoms with Gasteiger partial charge in [0.05, 0.1) is 5.41 Å². The summed E-state index contributed by atoms with van der Waals surface area (Å²) in [5.74, 6) is -0.439. The number of piperidine rings is 1. The minimum atomic E-state index is -0.418. The average Bonchev–Trinajstić information content (AvgIpc) is 2.38. The monoisotopic (exact) mass is 264 g/mol. The SMILES string of the molecule is CN1CCC(CCc2cccc(F)c2)(C(N)=O)CC1. The van der Waals surface area contributed by atoms with Gasteiger partial charge in [-0.1, -0.05) is 12.1 Å². The van der Waals surface area contributed by atoms with Crippen molar-refractivity contribution >= 4 is 5.91 Å². The van der Waals surface area contributed by atoms with Gasteiger partial charge in [-0.2, -0.15) is 0 Å². The molecule has 0 radical (unpaired) electrons. The Bertz CT molecular complexity index is 453. The van der Waals surface area contributed by atoms with E-state index in [1.165, 1.54) is 12.1 Å². The molecule has 0 atom stereocenters. The molecule has 0 aliphatic carbocycles. The van der Waals surface area contributed by atoms with Crippen LogP contribution < -0.4 is 5.73 Å². The summed E-state index contributed by atoms with van der Waals surface area (Å²) in [7, 11) is 2.05. The second-order valence-corrected chi connectivity index (χ2v) is 5.58. The van der Waals surface area contributed by atoms with Crippen LogP contribution in [0.25, 0.3) is 0 Å². The molecule has 0 unspecified atom stereocenters. The smallest absolute Gasteiger partial charge is 0.223 e. The number of amides is 1.